The predicted octanol–water partition coefficient (Wildman–Crippen LogP) is 2.06. The van der Waals surface area contributed by atoms with E-state index in [1.807, 2.05) is 31.1 Å². The van der Waals surface area contributed by atoms with Gasteiger partial charge in [0.1, 0.15) is 5.69 Å². The maximum Gasteiger partial charge on any atom is 0.251 e. The lowest BCUT2D eigenvalue weighted by atomic mass is 10.4. The zero-order valence-electron chi connectivity index (χ0n) is 9.83. The van der Waals surface area contributed by atoms with E-state index in [2.05, 4.69) is 15.1 Å². The molecular formula is C11H10FN5S. The maximum absolute atomic E-state index is 12.9. The van der Waals surface area contributed by atoms with Crippen LogP contribution in [0.1, 0.15) is 0 Å². The summed E-state index contributed by atoms with van der Waals surface area (Å²) in [6.07, 6.45) is 2.74. The molecule has 0 amide bonds. The van der Waals surface area contributed by atoms with Crippen molar-refractivity contribution >= 4 is 22.1 Å². The minimum Gasteiger partial charge on any atom is -0.370 e. The lowest BCUT2D eigenvalue weighted by molar-refractivity contribution is 0.546. The van der Waals surface area contributed by atoms with Gasteiger partial charge in [0, 0.05) is 14.1 Å². The summed E-state index contributed by atoms with van der Waals surface area (Å²) in [6, 6.07) is 4.00. The first-order chi connectivity index (χ1) is 8.63. The molecule has 0 fully saturated rings. The van der Waals surface area contributed by atoms with Crippen molar-refractivity contribution in [1.29, 1.82) is 0 Å². The topological polar surface area (TPSA) is 46.3 Å². The first kappa shape index (κ1) is 11.1. The third kappa shape index (κ3) is 1.82. The summed E-state index contributed by atoms with van der Waals surface area (Å²) in [5, 5.41) is 4.82. The number of rotatable bonds is 2. The molecule has 7 heteroatoms. The summed E-state index contributed by atoms with van der Waals surface area (Å²) < 4.78 is 14.3. The Morgan fingerprint density at radius 1 is 1.33 bits per heavy atom. The lowest BCUT2D eigenvalue weighted by Gasteiger charge is -2.06. The second-order valence-corrected chi connectivity index (χ2v) is 5.05. The molecule has 0 aromatic carbocycles. The lowest BCUT2D eigenvalue weighted by Crippen LogP contribution is -2.05. The van der Waals surface area contributed by atoms with Gasteiger partial charge in [-0.15, -0.1) is 16.4 Å². The molecule has 0 saturated heterocycles. The Morgan fingerprint density at radius 3 is 2.89 bits per heavy atom. The van der Waals surface area contributed by atoms with E-state index >= 15 is 0 Å². The number of nitrogens with zero attached hydrogens (tertiary/aromatic N) is 5. The molecule has 0 aliphatic rings. The molecule has 0 aliphatic carbocycles. The van der Waals surface area contributed by atoms with Crippen molar-refractivity contribution < 1.29 is 4.39 Å². The molecule has 3 rings (SSSR count). The first-order valence-electron chi connectivity index (χ1n) is 5.29. The Morgan fingerprint density at radius 2 is 2.17 bits per heavy atom. The Balaban J connectivity index is 2.07. The molecule has 0 unspecified atom stereocenters. The molecule has 5 nitrogen and oxygen atoms in total. The van der Waals surface area contributed by atoms with Crippen LogP contribution in [0, 0.1) is 5.95 Å². The van der Waals surface area contributed by atoms with Crippen LogP contribution in [0.4, 0.5) is 9.39 Å². The second kappa shape index (κ2) is 4.02. The molecule has 3 aromatic rings. The molecular weight excluding hydrogens is 253 g/mol. The fourth-order valence-electron chi connectivity index (χ4n) is 1.59. The number of thiophene rings is 1. The molecule has 3 aromatic heterocycles. The quantitative estimate of drug-likeness (QED) is 0.710. The van der Waals surface area contributed by atoms with E-state index in [-0.39, 0.29) is 0 Å². The van der Waals surface area contributed by atoms with Gasteiger partial charge in [-0.2, -0.15) is 4.39 Å². The zero-order valence-corrected chi connectivity index (χ0v) is 10.6. The van der Waals surface area contributed by atoms with Crippen molar-refractivity contribution in [1.82, 2.24) is 19.6 Å². The summed E-state index contributed by atoms with van der Waals surface area (Å²) in [6.45, 7) is 0. The molecule has 0 bridgehead atoms. The highest BCUT2D eigenvalue weighted by Crippen LogP contribution is 2.31. The second-order valence-electron chi connectivity index (χ2n) is 3.98. The highest BCUT2D eigenvalue weighted by atomic mass is 32.1. The van der Waals surface area contributed by atoms with Gasteiger partial charge in [-0.3, -0.25) is 0 Å². The number of imidazole rings is 1. The number of halogens is 1. The van der Waals surface area contributed by atoms with Gasteiger partial charge >= 0.3 is 0 Å². The van der Waals surface area contributed by atoms with E-state index in [0.717, 1.165) is 21.8 Å². The average molecular weight is 263 g/mol. The number of aromatic nitrogens is 4. The largest absolute Gasteiger partial charge is 0.370 e. The molecule has 0 aliphatic heterocycles. The predicted molar refractivity (Wildman–Crippen MR) is 68.4 cm³/mol. The van der Waals surface area contributed by atoms with Crippen LogP contribution in [-0.4, -0.2) is 33.7 Å². The fraction of sp³-hybridized carbons (Fsp3) is 0.182. The molecule has 0 radical (unpaired) electrons. The summed E-state index contributed by atoms with van der Waals surface area (Å²) in [7, 11) is 3.97. The van der Waals surface area contributed by atoms with Crippen LogP contribution in [0.15, 0.2) is 24.5 Å². The minimum absolute atomic E-state index is 0.395. The summed E-state index contributed by atoms with van der Waals surface area (Å²) >= 11 is 1.61. The van der Waals surface area contributed by atoms with Crippen LogP contribution >= 0.6 is 11.3 Å². The normalized spacial score (nSPS) is 11.1. The van der Waals surface area contributed by atoms with Gasteiger partial charge in [0.25, 0.3) is 5.78 Å². The van der Waals surface area contributed by atoms with E-state index in [0.29, 0.717) is 5.78 Å². The number of anilines is 1. The highest BCUT2D eigenvalue weighted by molar-refractivity contribution is 7.19. The number of fused-ring (bicyclic) bond motifs is 1. The number of hydrogen-bond donors (Lipinski definition) is 0. The zero-order chi connectivity index (χ0) is 12.7. The Kier molecular flexibility index (Phi) is 2.48. The van der Waals surface area contributed by atoms with Crippen molar-refractivity contribution in [3.8, 4) is 10.6 Å². The maximum atomic E-state index is 12.9. The standard InChI is InChI=1S/C11H10FN5S/c1-16(2)10-4-3-8(18-10)7-6-17-11(14-7)13-5-9(12)15-17/h3-6H,1-2H3. The summed E-state index contributed by atoms with van der Waals surface area (Å²) in [4.78, 5) is 11.2. The molecule has 0 spiro atoms. The third-order valence-corrected chi connectivity index (χ3v) is 3.72. The van der Waals surface area contributed by atoms with Crippen molar-refractivity contribution in [2.45, 2.75) is 0 Å². The Hall–Kier alpha value is -2.02. The molecule has 3 heterocycles. The Bertz CT molecular complexity index is 702. The van der Waals surface area contributed by atoms with Gasteiger partial charge in [0.15, 0.2) is 0 Å². The van der Waals surface area contributed by atoms with Crippen LogP contribution in [-0.2, 0) is 0 Å². The van der Waals surface area contributed by atoms with E-state index in [1.165, 1.54) is 4.52 Å². The highest BCUT2D eigenvalue weighted by Gasteiger charge is 2.10. The number of hydrogen-bond acceptors (Lipinski definition) is 5. The molecule has 18 heavy (non-hydrogen) atoms. The van der Waals surface area contributed by atoms with E-state index in [9.17, 15) is 4.39 Å². The SMILES string of the molecule is CN(C)c1ccc(-c2cn3nc(F)cnc3n2)s1. The molecule has 92 valence electrons. The van der Waals surface area contributed by atoms with Crippen molar-refractivity contribution in [3.05, 3.63) is 30.5 Å². The molecule has 0 N–H and O–H groups in total. The van der Waals surface area contributed by atoms with E-state index in [1.54, 1.807) is 17.5 Å². The van der Waals surface area contributed by atoms with E-state index < -0.39 is 5.95 Å². The van der Waals surface area contributed by atoms with Crippen LogP contribution in [0.5, 0.6) is 0 Å². The van der Waals surface area contributed by atoms with Crippen LogP contribution in [0.2, 0.25) is 0 Å². The monoisotopic (exact) mass is 263 g/mol. The van der Waals surface area contributed by atoms with Crippen LogP contribution in [0.3, 0.4) is 0 Å². The smallest absolute Gasteiger partial charge is 0.251 e. The Labute approximate surface area is 107 Å². The van der Waals surface area contributed by atoms with Crippen LogP contribution in [0.25, 0.3) is 16.3 Å². The van der Waals surface area contributed by atoms with Gasteiger partial charge in [0.05, 0.1) is 22.3 Å². The molecule has 0 atom stereocenters. The fourth-order valence-corrected chi connectivity index (χ4v) is 2.47. The average Bonchev–Trinajstić information content (AvgIpc) is 2.93. The summed E-state index contributed by atoms with van der Waals surface area (Å²) in [5.41, 5.74) is 0.749. The van der Waals surface area contributed by atoms with Gasteiger partial charge in [0.2, 0.25) is 5.95 Å². The van der Waals surface area contributed by atoms with E-state index in [4.69, 9.17) is 0 Å². The van der Waals surface area contributed by atoms with Crippen LogP contribution < -0.4 is 4.90 Å². The third-order valence-electron chi connectivity index (χ3n) is 2.44. The summed E-state index contributed by atoms with van der Waals surface area (Å²) in [5.74, 6) is -0.224. The molecule has 0 saturated carbocycles. The van der Waals surface area contributed by atoms with Gasteiger partial charge < -0.3 is 4.90 Å². The first-order valence-corrected chi connectivity index (χ1v) is 6.10. The van der Waals surface area contributed by atoms with Crippen molar-refractivity contribution in [2.24, 2.45) is 0 Å². The minimum atomic E-state index is -0.619. The van der Waals surface area contributed by atoms with Crippen molar-refractivity contribution in [2.75, 3.05) is 19.0 Å². The van der Waals surface area contributed by atoms with Crippen molar-refractivity contribution in [3.63, 3.8) is 0 Å². The van der Waals surface area contributed by atoms with Gasteiger partial charge in [-0.05, 0) is 12.1 Å². The van der Waals surface area contributed by atoms with Gasteiger partial charge in [-0.1, -0.05) is 0 Å². The van der Waals surface area contributed by atoms with Gasteiger partial charge in [-0.25, -0.2) is 14.5 Å².